The van der Waals surface area contributed by atoms with E-state index in [1.54, 1.807) is 13.0 Å². The lowest BCUT2D eigenvalue weighted by molar-refractivity contribution is 0.0695. The summed E-state index contributed by atoms with van der Waals surface area (Å²) in [5.74, 6) is -1.65. The van der Waals surface area contributed by atoms with Crippen LogP contribution >= 0.6 is 0 Å². The Morgan fingerprint density at radius 3 is 2.74 bits per heavy atom. The van der Waals surface area contributed by atoms with Gasteiger partial charge < -0.3 is 9.84 Å². The molecule has 2 aromatic rings. The fraction of sp³-hybridized carbons (Fsp3) is 0.154. The highest BCUT2D eigenvalue weighted by Gasteiger charge is 2.12. The van der Waals surface area contributed by atoms with Crippen LogP contribution in [0.4, 0.5) is 4.39 Å². The molecule has 2 rings (SSSR count). The second-order valence-corrected chi connectivity index (χ2v) is 3.99. The van der Waals surface area contributed by atoms with Crippen molar-refractivity contribution in [1.29, 1.82) is 0 Å². The molecule has 1 aromatic heterocycles. The molecule has 19 heavy (non-hydrogen) atoms. The van der Waals surface area contributed by atoms with Gasteiger partial charge in [-0.2, -0.15) is 4.98 Å². The average Bonchev–Trinajstić information content (AvgIpc) is 2.33. The standard InChI is InChI=1S/C13H11FN2O3/c1-7-3-4-10(14)11(5-7)19-13-15-6-9(12(17)18)8(2)16-13/h3-6H,1-2H3,(H,17,18). The number of benzene rings is 1. The molecule has 0 atom stereocenters. The Labute approximate surface area is 108 Å². The van der Waals surface area contributed by atoms with Crippen LogP contribution in [0.1, 0.15) is 21.6 Å². The summed E-state index contributed by atoms with van der Waals surface area (Å²) in [7, 11) is 0. The predicted octanol–water partition coefficient (Wildman–Crippen LogP) is 2.72. The van der Waals surface area contributed by atoms with Crippen molar-refractivity contribution in [3.8, 4) is 11.8 Å². The number of aromatic nitrogens is 2. The molecule has 0 unspecified atom stereocenters. The van der Waals surface area contributed by atoms with Crippen LogP contribution in [0.3, 0.4) is 0 Å². The quantitative estimate of drug-likeness (QED) is 0.920. The maximum absolute atomic E-state index is 13.5. The highest BCUT2D eigenvalue weighted by atomic mass is 19.1. The summed E-state index contributed by atoms with van der Waals surface area (Å²) < 4.78 is 18.7. The van der Waals surface area contributed by atoms with Crippen molar-refractivity contribution in [3.05, 3.63) is 47.0 Å². The van der Waals surface area contributed by atoms with Crippen molar-refractivity contribution in [2.75, 3.05) is 0 Å². The first-order valence-corrected chi connectivity index (χ1v) is 5.48. The van der Waals surface area contributed by atoms with Crippen LogP contribution in [0.5, 0.6) is 11.8 Å². The van der Waals surface area contributed by atoms with Gasteiger partial charge in [-0.15, -0.1) is 0 Å². The van der Waals surface area contributed by atoms with E-state index in [1.807, 2.05) is 0 Å². The van der Waals surface area contributed by atoms with E-state index in [2.05, 4.69) is 9.97 Å². The van der Waals surface area contributed by atoms with Crippen LogP contribution in [-0.4, -0.2) is 21.0 Å². The molecule has 0 spiro atoms. The number of rotatable bonds is 3. The molecule has 0 amide bonds. The highest BCUT2D eigenvalue weighted by Crippen LogP contribution is 2.23. The second kappa shape index (κ2) is 5.01. The zero-order valence-corrected chi connectivity index (χ0v) is 10.3. The molecule has 1 N–H and O–H groups in total. The largest absolute Gasteiger partial charge is 0.478 e. The first-order valence-electron chi connectivity index (χ1n) is 5.48. The van der Waals surface area contributed by atoms with Crippen molar-refractivity contribution < 1.29 is 19.0 Å². The lowest BCUT2D eigenvalue weighted by Gasteiger charge is -2.07. The van der Waals surface area contributed by atoms with Gasteiger partial charge >= 0.3 is 12.0 Å². The molecule has 1 heterocycles. The van der Waals surface area contributed by atoms with Crippen molar-refractivity contribution in [1.82, 2.24) is 9.97 Å². The normalized spacial score (nSPS) is 10.3. The Bertz CT molecular complexity index is 644. The van der Waals surface area contributed by atoms with Gasteiger partial charge in [0.1, 0.15) is 0 Å². The third-order valence-electron chi connectivity index (χ3n) is 2.48. The smallest absolute Gasteiger partial charge is 0.339 e. The highest BCUT2D eigenvalue weighted by molar-refractivity contribution is 5.88. The maximum Gasteiger partial charge on any atom is 0.339 e. The molecule has 0 aliphatic heterocycles. The number of aromatic carboxylic acids is 1. The topological polar surface area (TPSA) is 72.3 Å². The van der Waals surface area contributed by atoms with E-state index >= 15 is 0 Å². The summed E-state index contributed by atoms with van der Waals surface area (Å²) in [6, 6.07) is 4.32. The van der Waals surface area contributed by atoms with E-state index in [4.69, 9.17) is 9.84 Å². The summed E-state index contributed by atoms with van der Waals surface area (Å²) in [5, 5.41) is 8.85. The zero-order valence-electron chi connectivity index (χ0n) is 10.3. The number of hydrogen-bond donors (Lipinski definition) is 1. The van der Waals surface area contributed by atoms with Crippen LogP contribution in [-0.2, 0) is 0 Å². The molecule has 6 heteroatoms. The Morgan fingerprint density at radius 1 is 1.37 bits per heavy atom. The number of hydrogen-bond acceptors (Lipinski definition) is 4. The number of ether oxygens (including phenoxy) is 1. The number of aryl methyl sites for hydroxylation is 2. The molecule has 0 aliphatic rings. The minimum atomic E-state index is -1.12. The second-order valence-electron chi connectivity index (χ2n) is 3.99. The Morgan fingerprint density at radius 2 is 2.11 bits per heavy atom. The minimum Gasteiger partial charge on any atom is -0.478 e. The zero-order chi connectivity index (χ0) is 14.0. The molecule has 5 nitrogen and oxygen atoms in total. The summed E-state index contributed by atoms with van der Waals surface area (Å²) >= 11 is 0. The van der Waals surface area contributed by atoms with Crippen LogP contribution in [0.2, 0.25) is 0 Å². The molecule has 0 bridgehead atoms. The fourth-order valence-corrected chi connectivity index (χ4v) is 1.49. The van der Waals surface area contributed by atoms with Gasteiger partial charge in [0.05, 0.1) is 11.3 Å². The molecular formula is C13H11FN2O3. The van der Waals surface area contributed by atoms with Gasteiger partial charge in [0.25, 0.3) is 0 Å². The summed E-state index contributed by atoms with van der Waals surface area (Å²) in [4.78, 5) is 18.4. The predicted molar refractivity (Wildman–Crippen MR) is 64.9 cm³/mol. The molecule has 0 radical (unpaired) electrons. The fourth-order valence-electron chi connectivity index (χ4n) is 1.49. The van der Waals surface area contributed by atoms with E-state index in [0.29, 0.717) is 0 Å². The molecule has 0 fully saturated rings. The van der Waals surface area contributed by atoms with Crippen molar-refractivity contribution in [3.63, 3.8) is 0 Å². The van der Waals surface area contributed by atoms with E-state index in [0.717, 1.165) is 11.8 Å². The van der Waals surface area contributed by atoms with Gasteiger partial charge in [-0.05, 0) is 31.5 Å². The number of nitrogens with zero attached hydrogens (tertiary/aromatic N) is 2. The number of carbonyl (C=O) groups is 1. The van der Waals surface area contributed by atoms with E-state index in [1.165, 1.54) is 19.1 Å². The molecule has 0 aliphatic carbocycles. The number of carboxylic acids is 1. The molecule has 98 valence electrons. The van der Waals surface area contributed by atoms with E-state index < -0.39 is 11.8 Å². The third-order valence-corrected chi connectivity index (χ3v) is 2.48. The molecule has 1 aromatic carbocycles. The van der Waals surface area contributed by atoms with Crippen LogP contribution < -0.4 is 4.74 Å². The van der Waals surface area contributed by atoms with Gasteiger partial charge in [-0.3, -0.25) is 0 Å². The van der Waals surface area contributed by atoms with Crippen molar-refractivity contribution in [2.24, 2.45) is 0 Å². The summed E-state index contributed by atoms with van der Waals surface area (Å²) in [6.45, 7) is 3.32. The Hall–Kier alpha value is -2.50. The lowest BCUT2D eigenvalue weighted by atomic mass is 10.2. The average molecular weight is 262 g/mol. The van der Waals surface area contributed by atoms with Gasteiger partial charge in [0.15, 0.2) is 11.6 Å². The lowest BCUT2D eigenvalue weighted by Crippen LogP contribution is -2.04. The van der Waals surface area contributed by atoms with E-state index in [-0.39, 0.29) is 23.0 Å². The maximum atomic E-state index is 13.5. The summed E-state index contributed by atoms with van der Waals surface area (Å²) in [5.41, 5.74) is 1.07. The minimum absolute atomic E-state index is 0.00229. The first kappa shape index (κ1) is 12.9. The van der Waals surface area contributed by atoms with Crippen molar-refractivity contribution >= 4 is 5.97 Å². The van der Waals surface area contributed by atoms with Gasteiger partial charge in [-0.1, -0.05) is 6.07 Å². The van der Waals surface area contributed by atoms with Crippen LogP contribution in [0, 0.1) is 19.7 Å². The van der Waals surface area contributed by atoms with Crippen molar-refractivity contribution in [2.45, 2.75) is 13.8 Å². The Balaban J connectivity index is 2.31. The number of carboxylic acid groups (broad SMARTS) is 1. The molecule has 0 saturated heterocycles. The number of halogens is 1. The van der Waals surface area contributed by atoms with E-state index in [9.17, 15) is 9.18 Å². The van der Waals surface area contributed by atoms with Gasteiger partial charge in [-0.25, -0.2) is 14.2 Å². The summed E-state index contributed by atoms with van der Waals surface area (Å²) in [6.07, 6.45) is 1.13. The third kappa shape index (κ3) is 2.85. The molecular weight excluding hydrogens is 251 g/mol. The molecule has 0 saturated carbocycles. The monoisotopic (exact) mass is 262 g/mol. The first-order chi connectivity index (χ1) is 8.97. The van der Waals surface area contributed by atoms with Crippen LogP contribution in [0.15, 0.2) is 24.4 Å². The van der Waals surface area contributed by atoms with Crippen LogP contribution in [0.25, 0.3) is 0 Å². The Kier molecular flexibility index (Phi) is 3.41. The SMILES string of the molecule is Cc1ccc(F)c(Oc2ncc(C(=O)O)c(C)n2)c1. The van der Waals surface area contributed by atoms with Gasteiger partial charge in [0, 0.05) is 6.20 Å². The van der Waals surface area contributed by atoms with Gasteiger partial charge in [0.2, 0.25) is 0 Å².